The number of aryl methyl sites for hydroxylation is 1. The van der Waals surface area contributed by atoms with Gasteiger partial charge in [-0.2, -0.15) is 0 Å². The maximum Gasteiger partial charge on any atom is 0.131 e. The van der Waals surface area contributed by atoms with E-state index in [9.17, 15) is 0 Å². The summed E-state index contributed by atoms with van der Waals surface area (Å²) >= 11 is 0. The summed E-state index contributed by atoms with van der Waals surface area (Å²) in [4.78, 5) is 6.76. The largest absolute Gasteiger partial charge is 0.356 e. The lowest BCUT2D eigenvalue weighted by Gasteiger charge is -2.17. The van der Waals surface area contributed by atoms with Crippen molar-refractivity contribution in [2.75, 3.05) is 18.0 Å². The van der Waals surface area contributed by atoms with Crippen molar-refractivity contribution < 1.29 is 0 Å². The molecule has 0 N–H and O–H groups in total. The molecule has 2 rings (SSSR count). The van der Waals surface area contributed by atoms with E-state index in [4.69, 9.17) is 0 Å². The van der Waals surface area contributed by atoms with E-state index in [0.29, 0.717) is 0 Å². The summed E-state index contributed by atoms with van der Waals surface area (Å²) in [7, 11) is 0. The summed E-state index contributed by atoms with van der Waals surface area (Å²) < 4.78 is 0. The molecule has 0 aliphatic carbocycles. The highest BCUT2D eigenvalue weighted by atomic mass is 15.2. The Balaban J connectivity index is 0.000000461. The smallest absolute Gasteiger partial charge is 0.131 e. The number of aromatic nitrogens is 1. The van der Waals surface area contributed by atoms with Gasteiger partial charge in [-0.15, -0.1) is 0 Å². The van der Waals surface area contributed by atoms with Crippen LogP contribution in [0, 0.1) is 6.92 Å². The minimum absolute atomic E-state index is 1.18. The fourth-order valence-electron chi connectivity index (χ4n) is 1.74. The molecule has 2 nitrogen and oxygen atoms in total. The highest BCUT2D eigenvalue weighted by Gasteiger charge is 2.14. The molecule has 2 heteroatoms. The third-order valence-electron chi connectivity index (χ3n) is 2.39. The molecule has 0 spiro atoms. The molecule has 1 saturated heterocycles. The van der Waals surface area contributed by atoms with E-state index in [1.54, 1.807) is 0 Å². The van der Waals surface area contributed by atoms with E-state index >= 15 is 0 Å². The number of rotatable bonds is 1. The minimum Gasteiger partial charge on any atom is -0.356 e. The van der Waals surface area contributed by atoms with Gasteiger partial charge >= 0.3 is 0 Å². The van der Waals surface area contributed by atoms with Crippen LogP contribution in [0.4, 0.5) is 5.82 Å². The highest BCUT2D eigenvalue weighted by molar-refractivity contribution is 5.46. The van der Waals surface area contributed by atoms with Crippen molar-refractivity contribution >= 4 is 5.82 Å². The van der Waals surface area contributed by atoms with Crippen molar-refractivity contribution in [3.63, 3.8) is 0 Å². The van der Waals surface area contributed by atoms with Crippen LogP contribution in [0.3, 0.4) is 0 Å². The molecule has 0 atom stereocenters. The highest BCUT2D eigenvalue weighted by Crippen LogP contribution is 2.20. The molecule has 1 aromatic rings. The zero-order valence-corrected chi connectivity index (χ0v) is 9.45. The fraction of sp³-hybridized carbons (Fsp3) is 0.583. The van der Waals surface area contributed by atoms with Crippen LogP contribution in [0.15, 0.2) is 18.3 Å². The summed E-state index contributed by atoms with van der Waals surface area (Å²) in [5.41, 5.74) is 1.29. The average Bonchev–Trinajstić information content (AvgIpc) is 2.75. The molecule has 1 aromatic heterocycles. The summed E-state index contributed by atoms with van der Waals surface area (Å²) in [6.07, 6.45) is 4.51. The third-order valence-corrected chi connectivity index (χ3v) is 2.39. The van der Waals surface area contributed by atoms with Gasteiger partial charge in [-0.05, 0) is 31.4 Å². The first-order valence-electron chi connectivity index (χ1n) is 5.54. The SMILES string of the molecule is CC.Cc1cccnc1N1CCCC1. The van der Waals surface area contributed by atoms with E-state index in [0.717, 1.165) is 0 Å². The topological polar surface area (TPSA) is 16.1 Å². The molecular formula is C12H20N2. The summed E-state index contributed by atoms with van der Waals surface area (Å²) in [6.45, 7) is 8.48. The Morgan fingerprint density at radius 1 is 1.21 bits per heavy atom. The molecule has 0 bridgehead atoms. The lowest BCUT2D eigenvalue weighted by Crippen LogP contribution is -2.19. The van der Waals surface area contributed by atoms with Crippen molar-refractivity contribution in [3.8, 4) is 0 Å². The predicted molar refractivity (Wildman–Crippen MR) is 61.8 cm³/mol. The maximum absolute atomic E-state index is 4.39. The van der Waals surface area contributed by atoms with Crippen LogP contribution in [-0.2, 0) is 0 Å². The molecular weight excluding hydrogens is 172 g/mol. The first kappa shape index (κ1) is 11.0. The van der Waals surface area contributed by atoms with Crippen molar-refractivity contribution in [1.29, 1.82) is 0 Å². The Labute approximate surface area is 87.0 Å². The summed E-state index contributed by atoms with van der Waals surface area (Å²) in [5, 5.41) is 0. The number of hydrogen-bond donors (Lipinski definition) is 0. The third kappa shape index (κ3) is 2.47. The van der Waals surface area contributed by atoms with E-state index in [2.05, 4.69) is 22.9 Å². The summed E-state index contributed by atoms with van der Waals surface area (Å²) in [6, 6.07) is 4.12. The minimum atomic E-state index is 1.18. The van der Waals surface area contributed by atoms with Gasteiger partial charge in [-0.3, -0.25) is 0 Å². The molecule has 1 fully saturated rings. The van der Waals surface area contributed by atoms with E-state index < -0.39 is 0 Å². The number of nitrogens with zero attached hydrogens (tertiary/aromatic N) is 2. The predicted octanol–water partition coefficient (Wildman–Crippen LogP) is 3.02. The second kappa shape index (κ2) is 5.63. The van der Waals surface area contributed by atoms with Gasteiger partial charge in [0.25, 0.3) is 0 Å². The Hall–Kier alpha value is -1.05. The first-order valence-corrected chi connectivity index (χ1v) is 5.54. The number of hydrogen-bond acceptors (Lipinski definition) is 2. The number of anilines is 1. The molecule has 0 aromatic carbocycles. The van der Waals surface area contributed by atoms with Gasteiger partial charge in [0, 0.05) is 19.3 Å². The average molecular weight is 192 g/mol. The van der Waals surface area contributed by atoms with Crippen LogP contribution in [0.2, 0.25) is 0 Å². The molecule has 2 heterocycles. The van der Waals surface area contributed by atoms with Crippen LogP contribution in [0.5, 0.6) is 0 Å². The zero-order chi connectivity index (χ0) is 10.4. The van der Waals surface area contributed by atoms with Crippen LogP contribution >= 0.6 is 0 Å². The number of pyridine rings is 1. The van der Waals surface area contributed by atoms with Gasteiger partial charge in [0.2, 0.25) is 0 Å². The van der Waals surface area contributed by atoms with Gasteiger partial charge in [0.15, 0.2) is 0 Å². The monoisotopic (exact) mass is 192 g/mol. The molecule has 0 radical (unpaired) electrons. The molecule has 0 saturated carbocycles. The zero-order valence-electron chi connectivity index (χ0n) is 9.45. The van der Waals surface area contributed by atoms with E-state index in [1.165, 1.54) is 37.3 Å². The van der Waals surface area contributed by atoms with Crippen molar-refractivity contribution in [2.24, 2.45) is 0 Å². The Kier molecular flexibility index (Phi) is 4.44. The second-order valence-electron chi connectivity index (χ2n) is 3.34. The quantitative estimate of drug-likeness (QED) is 0.680. The molecule has 0 unspecified atom stereocenters. The lowest BCUT2D eigenvalue weighted by molar-refractivity contribution is 0.928. The van der Waals surface area contributed by atoms with Gasteiger partial charge in [-0.25, -0.2) is 4.98 Å². The second-order valence-corrected chi connectivity index (χ2v) is 3.34. The Morgan fingerprint density at radius 3 is 2.43 bits per heavy atom. The van der Waals surface area contributed by atoms with Gasteiger partial charge < -0.3 is 4.90 Å². The molecule has 1 aliphatic heterocycles. The normalized spacial score (nSPS) is 14.9. The molecule has 14 heavy (non-hydrogen) atoms. The van der Waals surface area contributed by atoms with Crippen molar-refractivity contribution in [3.05, 3.63) is 23.9 Å². The maximum atomic E-state index is 4.39. The molecule has 0 amide bonds. The van der Waals surface area contributed by atoms with Crippen molar-refractivity contribution in [1.82, 2.24) is 4.98 Å². The lowest BCUT2D eigenvalue weighted by atomic mass is 10.3. The first-order chi connectivity index (χ1) is 6.88. The van der Waals surface area contributed by atoms with Gasteiger partial charge in [0.1, 0.15) is 5.82 Å². The standard InChI is InChI=1S/C10H14N2.C2H6/c1-9-5-4-6-11-10(9)12-7-2-3-8-12;1-2/h4-6H,2-3,7-8H2,1H3;1-2H3. The Bertz CT molecular complexity index is 265. The van der Waals surface area contributed by atoms with E-state index in [1.807, 2.05) is 26.1 Å². The molecule has 1 aliphatic rings. The van der Waals surface area contributed by atoms with Crippen LogP contribution in [0.25, 0.3) is 0 Å². The van der Waals surface area contributed by atoms with E-state index in [-0.39, 0.29) is 0 Å². The Morgan fingerprint density at radius 2 is 1.86 bits per heavy atom. The van der Waals surface area contributed by atoms with Crippen LogP contribution < -0.4 is 4.90 Å². The fourth-order valence-corrected chi connectivity index (χ4v) is 1.74. The van der Waals surface area contributed by atoms with Crippen LogP contribution in [0.1, 0.15) is 32.3 Å². The van der Waals surface area contributed by atoms with Gasteiger partial charge in [0.05, 0.1) is 0 Å². The summed E-state index contributed by atoms with van der Waals surface area (Å²) in [5.74, 6) is 1.18. The van der Waals surface area contributed by atoms with Gasteiger partial charge in [-0.1, -0.05) is 19.9 Å². The molecule has 78 valence electrons. The van der Waals surface area contributed by atoms with Crippen LogP contribution in [-0.4, -0.2) is 18.1 Å². The van der Waals surface area contributed by atoms with Crippen molar-refractivity contribution in [2.45, 2.75) is 33.6 Å².